The Morgan fingerprint density at radius 3 is 2.27 bits per heavy atom. The maximum atomic E-state index is 14.0. The number of nitrogens with zero attached hydrogens (tertiary/aromatic N) is 2. The van der Waals surface area contributed by atoms with Crippen LogP contribution in [0.5, 0.6) is 5.75 Å². The molecule has 0 radical (unpaired) electrons. The molecule has 0 atom stereocenters. The van der Waals surface area contributed by atoms with E-state index in [2.05, 4.69) is 10.4 Å². The van der Waals surface area contributed by atoms with Gasteiger partial charge in [0.15, 0.2) is 5.69 Å². The summed E-state index contributed by atoms with van der Waals surface area (Å²) in [4.78, 5) is 26.0. The van der Waals surface area contributed by atoms with Gasteiger partial charge in [-0.2, -0.15) is 9.78 Å². The average molecular weight is 407 g/mol. The normalized spacial score (nSPS) is 10.8. The molecule has 1 N–H and O–H groups in total. The largest absolute Gasteiger partial charge is 0.494 e. The van der Waals surface area contributed by atoms with Crippen molar-refractivity contribution < 1.29 is 18.3 Å². The lowest BCUT2D eigenvalue weighted by molar-refractivity contribution is 0.102. The molecule has 4 rings (SSSR count). The SMILES string of the molecule is COc1ccccc1-n1nc(C(=O)Nc2c(F)cccc2F)c2ccccc2c1=O. The number of hydrogen-bond acceptors (Lipinski definition) is 4. The first-order valence-electron chi connectivity index (χ1n) is 8.92. The minimum absolute atomic E-state index is 0.168. The van der Waals surface area contributed by atoms with Crippen molar-refractivity contribution in [2.45, 2.75) is 0 Å². The highest BCUT2D eigenvalue weighted by Gasteiger charge is 2.21. The zero-order valence-corrected chi connectivity index (χ0v) is 15.7. The second-order valence-corrected chi connectivity index (χ2v) is 6.33. The van der Waals surface area contributed by atoms with E-state index < -0.39 is 28.8 Å². The van der Waals surface area contributed by atoms with Crippen molar-refractivity contribution in [3.63, 3.8) is 0 Å². The molecule has 0 unspecified atom stereocenters. The fourth-order valence-corrected chi connectivity index (χ4v) is 3.12. The molecule has 30 heavy (non-hydrogen) atoms. The number of rotatable bonds is 4. The molecule has 4 aromatic rings. The number of nitrogens with one attached hydrogen (secondary N) is 1. The van der Waals surface area contributed by atoms with Gasteiger partial charge in [0.25, 0.3) is 11.5 Å². The molecule has 1 amide bonds. The molecule has 8 heteroatoms. The molecule has 6 nitrogen and oxygen atoms in total. The second kappa shape index (κ2) is 7.75. The summed E-state index contributed by atoms with van der Waals surface area (Å²) in [6.07, 6.45) is 0. The van der Waals surface area contributed by atoms with Crippen molar-refractivity contribution in [3.8, 4) is 11.4 Å². The van der Waals surface area contributed by atoms with Crippen LogP contribution in [0, 0.1) is 11.6 Å². The van der Waals surface area contributed by atoms with Gasteiger partial charge in [-0.15, -0.1) is 0 Å². The van der Waals surface area contributed by atoms with Crippen molar-refractivity contribution in [2.75, 3.05) is 12.4 Å². The Morgan fingerprint density at radius 2 is 1.57 bits per heavy atom. The summed E-state index contributed by atoms with van der Waals surface area (Å²) in [7, 11) is 1.44. The van der Waals surface area contributed by atoms with Crippen LogP contribution < -0.4 is 15.6 Å². The number of amides is 1. The number of ether oxygens (including phenoxy) is 1. The van der Waals surface area contributed by atoms with Gasteiger partial charge in [0.1, 0.15) is 28.8 Å². The molecule has 0 saturated heterocycles. The van der Waals surface area contributed by atoms with E-state index in [4.69, 9.17) is 4.74 Å². The highest BCUT2D eigenvalue weighted by molar-refractivity contribution is 6.11. The summed E-state index contributed by atoms with van der Waals surface area (Å²) in [5.41, 5.74) is -0.909. The van der Waals surface area contributed by atoms with Crippen LogP contribution >= 0.6 is 0 Å². The molecule has 1 aromatic heterocycles. The van der Waals surface area contributed by atoms with E-state index in [1.165, 1.54) is 13.2 Å². The standard InChI is InChI=1S/C22H15F2N3O3/c1-30-18-12-5-4-11-17(18)27-22(29)14-8-3-2-7-13(14)19(26-27)21(28)25-20-15(23)9-6-10-16(20)24/h2-12H,1H3,(H,25,28). The zero-order valence-electron chi connectivity index (χ0n) is 15.7. The van der Waals surface area contributed by atoms with Crippen molar-refractivity contribution in [1.82, 2.24) is 9.78 Å². The Kier molecular flexibility index (Phi) is 4.97. The molecule has 0 fully saturated rings. The van der Waals surface area contributed by atoms with Crippen molar-refractivity contribution in [2.24, 2.45) is 0 Å². The molecular weight excluding hydrogens is 392 g/mol. The van der Waals surface area contributed by atoms with Crippen LogP contribution in [0.2, 0.25) is 0 Å². The van der Waals surface area contributed by atoms with Crippen LogP contribution in [0.15, 0.2) is 71.5 Å². The Bertz CT molecular complexity index is 1310. The van der Waals surface area contributed by atoms with Crippen LogP contribution in [0.3, 0.4) is 0 Å². The van der Waals surface area contributed by atoms with Gasteiger partial charge < -0.3 is 10.1 Å². The van der Waals surface area contributed by atoms with Gasteiger partial charge in [0.2, 0.25) is 0 Å². The third kappa shape index (κ3) is 3.28. The van der Waals surface area contributed by atoms with Crippen molar-refractivity contribution in [1.29, 1.82) is 0 Å². The fourth-order valence-electron chi connectivity index (χ4n) is 3.12. The predicted molar refractivity (Wildman–Crippen MR) is 108 cm³/mol. The smallest absolute Gasteiger partial charge is 0.279 e. The van der Waals surface area contributed by atoms with Gasteiger partial charge in [0, 0.05) is 5.39 Å². The van der Waals surface area contributed by atoms with Crippen LogP contribution in [-0.4, -0.2) is 22.8 Å². The van der Waals surface area contributed by atoms with Gasteiger partial charge >= 0.3 is 0 Å². The number of para-hydroxylation sites is 3. The van der Waals surface area contributed by atoms with E-state index in [1.807, 2.05) is 0 Å². The highest BCUT2D eigenvalue weighted by Crippen LogP contribution is 2.23. The molecule has 0 saturated carbocycles. The number of anilines is 1. The lowest BCUT2D eigenvalue weighted by Crippen LogP contribution is -2.27. The van der Waals surface area contributed by atoms with Crippen molar-refractivity contribution >= 4 is 22.4 Å². The van der Waals surface area contributed by atoms with Gasteiger partial charge in [-0.25, -0.2) is 8.78 Å². The quantitative estimate of drug-likeness (QED) is 0.557. The van der Waals surface area contributed by atoms with E-state index in [9.17, 15) is 18.4 Å². The van der Waals surface area contributed by atoms with Crippen LogP contribution in [0.4, 0.5) is 14.5 Å². The highest BCUT2D eigenvalue weighted by atomic mass is 19.1. The summed E-state index contributed by atoms with van der Waals surface area (Å²) in [6.45, 7) is 0. The summed E-state index contributed by atoms with van der Waals surface area (Å²) < 4.78 is 34.3. The minimum atomic E-state index is -0.925. The summed E-state index contributed by atoms with van der Waals surface area (Å²) in [5, 5.41) is 6.89. The maximum Gasteiger partial charge on any atom is 0.279 e. The number of aromatic nitrogens is 2. The fraction of sp³-hybridized carbons (Fsp3) is 0.0455. The number of hydrogen-bond donors (Lipinski definition) is 1. The van der Waals surface area contributed by atoms with E-state index in [0.29, 0.717) is 11.4 Å². The summed E-state index contributed by atoms with van der Waals surface area (Å²) in [6, 6.07) is 16.3. The minimum Gasteiger partial charge on any atom is -0.494 e. The van der Waals surface area contributed by atoms with E-state index in [0.717, 1.165) is 16.8 Å². The molecule has 0 aliphatic carbocycles. The van der Waals surface area contributed by atoms with E-state index in [-0.39, 0.29) is 16.5 Å². The molecule has 0 spiro atoms. The van der Waals surface area contributed by atoms with Crippen molar-refractivity contribution in [3.05, 3.63) is 94.4 Å². The third-order valence-electron chi connectivity index (χ3n) is 4.53. The molecule has 0 bridgehead atoms. The monoisotopic (exact) mass is 407 g/mol. The number of carbonyl (C=O) groups excluding carboxylic acids is 1. The molecule has 150 valence electrons. The van der Waals surface area contributed by atoms with Gasteiger partial charge in [-0.1, -0.05) is 36.4 Å². The van der Waals surface area contributed by atoms with Gasteiger partial charge in [-0.3, -0.25) is 9.59 Å². The third-order valence-corrected chi connectivity index (χ3v) is 4.53. The molecule has 3 aromatic carbocycles. The predicted octanol–water partition coefficient (Wildman–Crippen LogP) is 3.92. The van der Waals surface area contributed by atoms with Crippen LogP contribution in [0.1, 0.15) is 10.5 Å². The van der Waals surface area contributed by atoms with Gasteiger partial charge in [-0.05, 0) is 30.3 Å². The Morgan fingerprint density at radius 1 is 0.933 bits per heavy atom. The number of carbonyl (C=O) groups is 1. The van der Waals surface area contributed by atoms with E-state index >= 15 is 0 Å². The zero-order chi connectivity index (χ0) is 21.3. The Balaban J connectivity index is 1.93. The Hall–Kier alpha value is -4.07. The van der Waals surface area contributed by atoms with Crippen LogP contribution in [-0.2, 0) is 0 Å². The topological polar surface area (TPSA) is 73.2 Å². The number of halogens is 2. The second-order valence-electron chi connectivity index (χ2n) is 6.33. The first-order valence-corrected chi connectivity index (χ1v) is 8.92. The summed E-state index contributed by atoms with van der Waals surface area (Å²) in [5.74, 6) is -2.34. The first-order chi connectivity index (χ1) is 14.5. The average Bonchev–Trinajstić information content (AvgIpc) is 2.77. The lowest BCUT2D eigenvalue weighted by Gasteiger charge is -2.14. The molecule has 0 aliphatic heterocycles. The Labute approximate surface area is 169 Å². The molecular formula is C22H15F2N3O3. The van der Waals surface area contributed by atoms with Crippen LogP contribution in [0.25, 0.3) is 16.5 Å². The summed E-state index contributed by atoms with van der Waals surface area (Å²) >= 11 is 0. The number of fused-ring (bicyclic) bond motifs is 1. The van der Waals surface area contributed by atoms with Gasteiger partial charge in [0.05, 0.1) is 12.5 Å². The van der Waals surface area contributed by atoms with E-state index in [1.54, 1.807) is 48.5 Å². The lowest BCUT2D eigenvalue weighted by atomic mass is 10.1. The maximum absolute atomic E-state index is 14.0. The number of methoxy groups -OCH3 is 1. The molecule has 1 heterocycles. The first kappa shape index (κ1) is 19.3. The number of benzene rings is 3. The molecule has 0 aliphatic rings.